The molecule has 0 saturated carbocycles. The zero-order chi connectivity index (χ0) is 10.1. The highest BCUT2D eigenvalue weighted by molar-refractivity contribution is 5.55. The molecule has 0 spiro atoms. The van der Waals surface area contributed by atoms with Gasteiger partial charge in [0.05, 0.1) is 6.67 Å². The van der Waals surface area contributed by atoms with Gasteiger partial charge >= 0.3 is 0 Å². The number of rotatable bonds is 1. The van der Waals surface area contributed by atoms with Gasteiger partial charge in [-0.15, -0.1) is 0 Å². The second-order valence-corrected chi connectivity index (χ2v) is 3.52. The van der Waals surface area contributed by atoms with Crippen LogP contribution in [-0.4, -0.2) is 23.6 Å². The number of aromatic nitrogens is 1. The first-order valence-corrected chi connectivity index (χ1v) is 4.54. The minimum atomic E-state index is 0.558. The molecule has 0 fully saturated rings. The van der Waals surface area contributed by atoms with Crippen molar-refractivity contribution in [2.45, 2.75) is 6.92 Å². The van der Waals surface area contributed by atoms with Gasteiger partial charge in [0.1, 0.15) is 5.82 Å². The lowest BCUT2D eigenvalue weighted by Gasteiger charge is -2.18. The summed E-state index contributed by atoms with van der Waals surface area (Å²) in [6, 6.07) is 3.84. The Hall–Kier alpha value is -1.71. The lowest BCUT2D eigenvalue weighted by atomic mass is 10.3. The molecule has 1 aromatic rings. The molecule has 0 bridgehead atoms. The number of allylic oxidation sites excluding steroid dienone is 1. The van der Waals surface area contributed by atoms with Gasteiger partial charge in [0, 0.05) is 36.9 Å². The molecule has 0 aromatic carbocycles. The molecule has 0 saturated heterocycles. The smallest absolute Gasteiger partial charge is 0.125 e. The van der Waals surface area contributed by atoms with E-state index in [0.29, 0.717) is 5.82 Å². The van der Waals surface area contributed by atoms with E-state index in [1.807, 2.05) is 12.1 Å². The maximum Gasteiger partial charge on any atom is 0.125 e. The van der Waals surface area contributed by atoms with Crippen LogP contribution in [0.1, 0.15) is 6.92 Å². The normalized spacial score (nSPS) is 16.0. The van der Waals surface area contributed by atoms with Gasteiger partial charge in [-0.3, -0.25) is 0 Å². The van der Waals surface area contributed by atoms with Crippen LogP contribution in [0.15, 0.2) is 30.2 Å². The molecule has 4 nitrogen and oxygen atoms in total. The Morgan fingerprint density at radius 2 is 2.29 bits per heavy atom. The summed E-state index contributed by atoms with van der Waals surface area (Å²) >= 11 is 0. The molecule has 0 radical (unpaired) electrons. The van der Waals surface area contributed by atoms with Crippen molar-refractivity contribution in [2.75, 3.05) is 24.3 Å². The zero-order valence-electron chi connectivity index (χ0n) is 8.44. The SMILES string of the molecule is CC1=CN(c2ccnc(N)c2)CN1C. The number of pyridine rings is 1. The van der Waals surface area contributed by atoms with Gasteiger partial charge in [-0.2, -0.15) is 0 Å². The highest BCUT2D eigenvalue weighted by Gasteiger charge is 2.15. The number of nitrogen functional groups attached to an aromatic ring is 1. The Morgan fingerprint density at radius 1 is 1.50 bits per heavy atom. The molecule has 2 rings (SSSR count). The van der Waals surface area contributed by atoms with E-state index in [0.717, 1.165) is 12.4 Å². The molecule has 14 heavy (non-hydrogen) atoms. The third-order valence-corrected chi connectivity index (χ3v) is 2.41. The number of nitrogens with zero attached hydrogens (tertiary/aromatic N) is 3. The van der Waals surface area contributed by atoms with Crippen molar-refractivity contribution in [3.05, 3.63) is 30.2 Å². The summed E-state index contributed by atoms with van der Waals surface area (Å²) in [5, 5.41) is 0. The number of hydrogen-bond donors (Lipinski definition) is 1. The molecule has 0 amide bonds. The summed E-state index contributed by atoms with van der Waals surface area (Å²) in [6.07, 6.45) is 3.83. The Morgan fingerprint density at radius 3 is 2.86 bits per heavy atom. The first-order valence-electron chi connectivity index (χ1n) is 4.54. The summed E-state index contributed by atoms with van der Waals surface area (Å²) < 4.78 is 0. The molecule has 2 heterocycles. The molecule has 0 aliphatic carbocycles. The Labute approximate surface area is 83.6 Å². The minimum Gasteiger partial charge on any atom is -0.384 e. The summed E-state index contributed by atoms with van der Waals surface area (Å²) in [4.78, 5) is 8.29. The molecule has 1 aliphatic rings. The van der Waals surface area contributed by atoms with Crippen LogP contribution in [0, 0.1) is 0 Å². The highest BCUT2D eigenvalue weighted by Crippen LogP contribution is 2.22. The summed E-state index contributed by atoms with van der Waals surface area (Å²) in [7, 11) is 2.07. The lowest BCUT2D eigenvalue weighted by Crippen LogP contribution is -2.22. The molecule has 4 heteroatoms. The molecule has 1 aliphatic heterocycles. The van der Waals surface area contributed by atoms with Crippen LogP contribution < -0.4 is 10.6 Å². The Kier molecular flexibility index (Phi) is 2.04. The molecular weight excluding hydrogens is 176 g/mol. The summed E-state index contributed by atoms with van der Waals surface area (Å²) in [5.41, 5.74) is 7.96. The lowest BCUT2D eigenvalue weighted by molar-refractivity contribution is 0.460. The third kappa shape index (κ3) is 1.51. The van der Waals surface area contributed by atoms with Gasteiger partial charge in [-0.1, -0.05) is 0 Å². The van der Waals surface area contributed by atoms with Crippen molar-refractivity contribution in [1.82, 2.24) is 9.88 Å². The second kappa shape index (κ2) is 3.21. The monoisotopic (exact) mass is 190 g/mol. The van der Waals surface area contributed by atoms with Crippen molar-refractivity contribution in [3.8, 4) is 0 Å². The van der Waals surface area contributed by atoms with E-state index < -0.39 is 0 Å². The topological polar surface area (TPSA) is 45.4 Å². The molecule has 74 valence electrons. The molecule has 1 aromatic heterocycles. The number of anilines is 2. The van der Waals surface area contributed by atoms with E-state index in [1.165, 1.54) is 5.70 Å². The molecule has 2 N–H and O–H groups in total. The van der Waals surface area contributed by atoms with Crippen LogP contribution in [0.3, 0.4) is 0 Å². The van der Waals surface area contributed by atoms with Crippen LogP contribution in [0.4, 0.5) is 11.5 Å². The van der Waals surface area contributed by atoms with Crippen LogP contribution in [0.25, 0.3) is 0 Å². The molecular formula is C10H14N4. The second-order valence-electron chi connectivity index (χ2n) is 3.52. The predicted molar refractivity (Wildman–Crippen MR) is 57.5 cm³/mol. The Balaban J connectivity index is 2.26. The van der Waals surface area contributed by atoms with Crippen molar-refractivity contribution < 1.29 is 0 Å². The average Bonchev–Trinajstić information content (AvgIpc) is 2.47. The van der Waals surface area contributed by atoms with Crippen LogP contribution >= 0.6 is 0 Å². The van der Waals surface area contributed by atoms with Crippen molar-refractivity contribution in [1.29, 1.82) is 0 Å². The third-order valence-electron chi connectivity index (χ3n) is 2.41. The van der Waals surface area contributed by atoms with Crippen molar-refractivity contribution in [2.24, 2.45) is 0 Å². The minimum absolute atomic E-state index is 0.558. The average molecular weight is 190 g/mol. The first kappa shape index (κ1) is 8.87. The van der Waals surface area contributed by atoms with E-state index in [2.05, 4.69) is 35.0 Å². The van der Waals surface area contributed by atoms with Gasteiger partial charge in [0.2, 0.25) is 0 Å². The fourth-order valence-electron chi connectivity index (χ4n) is 1.48. The van der Waals surface area contributed by atoms with Crippen molar-refractivity contribution >= 4 is 11.5 Å². The van der Waals surface area contributed by atoms with E-state index >= 15 is 0 Å². The fraction of sp³-hybridized carbons (Fsp3) is 0.300. The molecule has 0 unspecified atom stereocenters. The fourth-order valence-corrected chi connectivity index (χ4v) is 1.48. The molecule has 0 atom stereocenters. The van der Waals surface area contributed by atoms with Gasteiger partial charge in [0.15, 0.2) is 0 Å². The van der Waals surface area contributed by atoms with Crippen LogP contribution in [-0.2, 0) is 0 Å². The highest BCUT2D eigenvalue weighted by atomic mass is 15.3. The number of hydrogen-bond acceptors (Lipinski definition) is 4. The van der Waals surface area contributed by atoms with Crippen LogP contribution in [0.2, 0.25) is 0 Å². The van der Waals surface area contributed by atoms with Gasteiger partial charge < -0.3 is 15.5 Å². The number of nitrogens with two attached hydrogens (primary N) is 1. The van der Waals surface area contributed by atoms with Gasteiger partial charge in [-0.05, 0) is 13.0 Å². The predicted octanol–water partition coefficient (Wildman–Crippen LogP) is 1.23. The maximum atomic E-state index is 5.62. The maximum absolute atomic E-state index is 5.62. The van der Waals surface area contributed by atoms with Crippen molar-refractivity contribution in [3.63, 3.8) is 0 Å². The van der Waals surface area contributed by atoms with E-state index in [9.17, 15) is 0 Å². The van der Waals surface area contributed by atoms with Gasteiger partial charge in [-0.25, -0.2) is 4.98 Å². The van der Waals surface area contributed by atoms with E-state index in [4.69, 9.17) is 5.73 Å². The zero-order valence-corrected chi connectivity index (χ0v) is 8.44. The largest absolute Gasteiger partial charge is 0.384 e. The summed E-state index contributed by atoms with van der Waals surface area (Å²) in [6.45, 7) is 2.96. The van der Waals surface area contributed by atoms with Gasteiger partial charge in [0.25, 0.3) is 0 Å². The van der Waals surface area contributed by atoms with Crippen LogP contribution in [0.5, 0.6) is 0 Å². The van der Waals surface area contributed by atoms with E-state index in [1.54, 1.807) is 6.20 Å². The standard InChI is InChI=1S/C10H14N4/c1-8-6-14(7-13(8)2)9-3-4-12-10(11)5-9/h3-6H,7H2,1-2H3,(H2,11,12). The van der Waals surface area contributed by atoms with E-state index in [-0.39, 0.29) is 0 Å². The summed E-state index contributed by atoms with van der Waals surface area (Å²) in [5.74, 6) is 0.558. The first-order chi connectivity index (χ1) is 6.66. The quantitative estimate of drug-likeness (QED) is 0.723. The Bertz CT molecular complexity index is 372.